The quantitative estimate of drug-likeness (QED) is 0.230. The van der Waals surface area contributed by atoms with Gasteiger partial charge in [-0.2, -0.15) is 5.10 Å². The molecule has 0 bridgehead atoms. The maximum absolute atomic E-state index is 15.8. The van der Waals surface area contributed by atoms with E-state index in [0.29, 0.717) is 36.0 Å². The predicted octanol–water partition coefficient (Wildman–Crippen LogP) is 5.65. The summed E-state index contributed by atoms with van der Waals surface area (Å²) in [5.41, 5.74) is 11.1. The number of amides is 2. The molecule has 1 aliphatic heterocycles. The summed E-state index contributed by atoms with van der Waals surface area (Å²) in [5.74, 6) is -0.727. The molecule has 9 nitrogen and oxygen atoms in total. The summed E-state index contributed by atoms with van der Waals surface area (Å²) in [6.07, 6.45) is 2.44. The molecule has 6 rings (SSSR count). The van der Waals surface area contributed by atoms with E-state index < -0.39 is 17.6 Å². The Morgan fingerprint density at radius 3 is 2.73 bits per heavy atom. The van der Waals surface area contributed by atoms with Crippen molar-refractivity contribution in [3.05, 3.63) is 88.4 Å². The van der Waals surface area contributed by atoms with Gasteiger partial charge in [0.05, 0.1) is 11.0 Å². The Morgan fingerprint density at radius 1 is 1.12 bits per heavy atom. The third-order valence-electron chi connectivity index (χ3n) is 7.37. The predicted molar refractivity (Wildman–Crippen MR) is 152 cm³/mol. The van der Waals surface area contributed by atoms with Crippen molar-refractivity contribution in [2.45, 2.75) is 39.7 Å². The highest BCUT2D eigenvalue weighted by atomic mass is 19.1. The summed E-state index contributed by atoms with van der Waals surface area (Å²) in [6, 6.07) is 14.4. The Morgan fingerprint density at radius 2 is 1.95 bits per heavy atom. The molecular formula is C30H28FN7O2. The summed E-state index contributed by atoms with van der Waals surface area (Å²) in [4.78, 5) is 33.2. The number of aromatic amines is 1. The van der Waals surface area contributed by atoms with Crippen molar-refractivity contribution < 1.29 is 14.0 Å². The number of anilines is 3. The fourth-order valence-corrected chi connectivity index (χ4v) is 5.13. The number of nitrogens with one attached hydrogen (secondary N) is 3. The Labute approximate surface area is 229 Å². The number of H-pyrrole nitrogens is 1. The van der Waals surface area contributed by atoms with Gasteiger partial charge < -0.3 is 21.4 Å². The summed E-state index contributed by atoms with van der Waals surface area (Å²) in [5, 5.41) is 10.7. The van der Waals surface area contributed by atoms with Gasteiger partial charge >= 0.3 is 0 Å². The molecule has 0 spiro atoms. The number of carbonyl (C=O) groups is 2. The van der Waals surface area contributed by atoms with E-state index in [1.807, 2.05) is 12.1 Å². The molecule has 3 aromatic heterocycles. The number of primary amides is 1. The van der Waals surface area contributed by atoms with Gasteiger partial charge in [-0.3, -0.25) is 9.59 Å². The second kappa shape index (κ2) is 9.64. The lowest BCUT2D eigenvalue weighted by atomic mass is 9.98. The fourth-order valence-electron chi connectivity index (χ4n) is 5.13. The van der Waals surface area contributed by atoms with Gasteiger partial charge in [-0.25, -0.2) is 14.1 Å². The molecule has 40 heavy (non-hydrogen) atoms. The number of hydrogen-bond acceptors (Lipinski definition) is 5. The topological polar surface area (TPSA) is 131 Å². The molecule has 0 aliphatic carbocycles. The van der Waals surface area contributed by atoms with Crippen LogP contribution in [0.1, 0.15) is 57.2 Å². The van der Waals surface area contributed by atoms with Crippen LogP contribution in [-0.4, -0.2) is 31.6 Å². The number of halogens is 1. The fraction of sp³-hybridized carbons (Fsp3) is 0.200. The van der Waals surface area contributed by atoms with Gasteiger partial charge in [0.2, 0.25) is 0 Å². The molecule has 10 heteroatoms. The first kappa shape index (κ1) is 25.3. The number of nitrogens with two attached hydrogens (primary N) is 1. The maximum Gasteiger partial charge on any atom is 0.257 e. The lowest BCUT2D eigenvalue weighted by Crippen LogP contribution is -2.16. The van der Waals surface area contributed by atoms with Crippen LogP contribution in [0.25, 0.3) is 22.3 Å². The normalized spacial score (nSPS) is 12.5. The molecule has 0 radical (unpaired) electrons. The molecule has 4 heterocycles. The van der Waals surface area contributed by atoms with E-state index in [4.69, 9.17) is 5.73 Å². The van der Waals surface area contributed by atoms with Crippen LogP contribution in [0, 0.1) is 12.7 Å². The first-order valence-electron chi connectivity index (χ1n) is 13.1. The minimum absolute atomic E-state index is 0.0902. The van der Waals surface area contributed by atoms with Gasteiger partial charge in [-0.15, -0.1) is 0 Å². The highest BCUT2D eigenvalue weighted by molar-refractivity contribution is 6.07. The standard InChI is InChI=1S/C30H28FN7O2/c1-15(2)17-4-7-21-18(14-17)11-13-38-29(35-21)25(28(32)39)27(37-38)20-6-5-19(16(3)26(20)31)30(40)36-24-9-8-22-23(34-24)10-12-33-22/h4-10,12,14-15,33,35H,11,13H2,1-3H3,(H2,32,39)(H,34,36,40). The number of pyridine rings is 1. The van der Waals surface area contributed by atoms with E-state index >= 15 is 4.39 Å². The smallest absolute Gasteiger partial charge is 0.257 e. The van der Waals surface area contributed by atoms with Crippen molar-refractivity contribution in [3.8, 4) is 11.3 Å². The number of carbonyl (C=O) groups excluding carboxylic acids is 2. The maximum atomic E-state index is 15.8. The molecule has 1 aliphatic rings. The van der Waals surface area contributed by atoms with Crippen LogP contribution in [0.3, 0.4) is 0 Å². The second-order valence-corrected chi connectivity index (χ2v) is 10.3. The molecule has 2 amide bonds. The minimum Gasteiger partial charge on any atom is -0.365 e. The van der Waals surface area contributed by atoms with E-state index in [2.05, 4.69) is 45.6 Å². The van der Waals surface area contributed by atoms with Gasteiger partial charge in [0.25, 0.3) is 11.8 Å². The third kappa shape index (κ3) is 4.27. The molecule has 0 fully saturated rings. The first-order valence-corrected chi connectivity index (χ1v) is 13.1. The van der Waals surface area contributed by atoms with Crippen molar-refractivity contribution in [1.82, 2.24) is 19.7 Å². The highest BCUT2D eigenvalue weighted by Gasteiger charge is 2.29. The molecular weight excluding hydrogens is 509 g/mol. The number of nitrogens with zero attached hydrogens (tertiary/aromatic N) is 3. The van der Waals surface area contributed by atoms with Gasteiger partial charge in [0, 0.05) is 29.6 Å². The summed E-state index contributed by atoms with van der Waals surface area (Å²) >= 11 is 0. The SMILES string of the molecule is Cc1c(C(=O)Nc2ccc3[nH]ccc3n2)ccc(-c2nn3c(c2C(N)=O)Nc2ccc(C(C)C)cc2CC3)c1F. The van der Waals surface area contributed by atoms with Crippen molar-refractivity contribution in [3.63, 3.8) is 0 Å². The molecule has 0 saturated carbocycles. The number of hydrogen-bond donors (Lipinski definition) is 4. The zero-order valence-electron chi connectivity index (χ0n) is 22.3. The van der Waals surface area contributed by atoms with E-state index in [0.717, 1.165) is 16.8 Å². The zero-order chi connectivity index (χ0) is 28.1. The zero-order valence-corrected chi connectivity index (χ0v) is 22.3. The second-order valence-electron chi connectivity index (χ2n) is 10.3. The molecule has 0 unspecified atom stereocenters. The lowest BCUT2D eigenvalue weighted by Gasteiger charge is -2.13. The highest BCUT2D eigenvalue weighted by Crippen LogP contribution is 2.37. The van der Waals surface area contributed by atoms with Crippen LogP contribution in [0.15, 0.2) is 54.7 Å². The van der Waals surface area contributed by atoms with E-state index in [1.165, 1.54) is 24.6 Å². The third-order valence-corrected chi connectivity index (χ3v) is 7.37. The van der Waals surface area contributed by atoms with E-state index in [9.17, 15) is 9.59 Å². The molecule has 5 aromatic rings. The van der Waals surface area contributed by atoms with Crippen LogP contribution in [0.5, 0.6) is 0 Å². The van der Waals surface area contributed by atoms with Gasteiger partial charge in [-0.1, -0.05) is 26.0 Å². The average molecular weight is 538 g/mol. The minimum atomic E-state index is -0.726. The summed E-state index contributed by atoms with van der Waals surface area (Å²) < 4.78 is 17.5. The number of benzene rings is 2. The monoisotopic (exact) mass is 537 g/mol. The van der Waals surface area contributed by atoms with Gasteiger partial charge in [0.1, 0.15) is 28.7 Å². The van der Waals surface area contributed by atoms with Crippen molar-refractivity contribution in [2.75, 3.05) is 10.6 Å². The molecule has 5 N–H and O–H groups in total. The Kier molecular flexibility index (Phi) is 6.10. The van der Waals surface area contributed by atoms with E-state index in [-0.39, 0.29) is 27.9 Å². The lowest BCUT2D eigenvalue weighted by molar-refractivity contribution is 0.0998. The first-order chi connectivity index (χ1) is 19.2. The Bertz CT molecular complexity index is 1820. The van der Waals surface area contributed by atoms with Crippen molar-refractivity contribution in [1.29, 1.82) is 0 Å². The van der Waals surface area contributed by atoms with Crippen LogP contribution >= 0.6 is 0 Å². The van der Waals surface area contributed by atoms with Gasteiger partial charge in [-0.05, 0) is 72.4 Å². The van der Waals surface area contributed by atoms with Crippen LogP contribution in [0.4, 0.5) is 21.7 Å². The summed E-state index contributed by atoms with van der Waals surface area (Å²) in [6.45, 7) is 6.27. The molecule has 0 saturated heterocycles. The Hall–Kier alpha value is -4.99. The van der Waals surface area contributed by atoms with Gasteiger partial charge in [0.15, 0.2) is 0 Å². The Balaban J connectivity index is 1.35. The average Bonchev–Trinajstić information content (AvgIpc) is 3.49. The van der Waals surface area contributed by atoms with Crippen LogP contribution < -0.4 is 16.4 Å². The molecule has 202 valence electrons. The molecule has 0 atom stereocenters. The van der Waals surface area contributed by atoms with Crippen LogP contribution in [-0.2, 0) is 13.0 Å². The number of aromatic nitrogens is 4. The molecule has 2 aromatic carbocycles. The summed E-state index contributed by atoms with van der Waals surface area (Å²) in [7, 11) is 0. The number of aryl methyl sites for hydroxylation is 2. The van der Waals surface area contributed by atoms with Crippen LogP contribution in [0.2, 0.25) is 0 Å². The largest absolute Gasteiger partial charge is 0.365 e. The number of fused-ring (bicyclic) bond motifs is 3. The van der Waals surface area contributed by atoms with E-state index in [1.54, 1.807) is 29.1 Å². The van der Waals surface area contributed by atoms with Crippen molar-refractivity contribution in [2.24, 2.45) is 5.73 Å². The number of rotatable bonds is 5. The van der Waals surface area contributed by atoms with Crippen molar-refractivity contribution >= 4 is 40.2 Å².